The van der Waals surface area contributed by atoms with E-state index in [9.17, 15) is 9.90 Å². The third-order valence-corrected chi connectivity index (χ3v) is 4.17. The van der Waals surface area contributed by atoms with Gasteiger partial charge in [0.2, 0.25) is 5.13 Å². The van der Waals surface area contributed by atoms with E-state index in [1.165, 1.54) is 17.4 Å². The quantitative estimate of drug-likeness (QED) is 0.717. The van der Waals surface area contributed by atoms with Gasteiger partial charge in [-0.2, -0.15) is 0 Å². The Morgan fingerprint density at radius 2 is 1.96 bits per heavy atom. The smallest absolute Gasteiger partial charge is 0.337 e. The molecule has 0 spiro atoms. The van der Waals surface area contributed by atoms with Crippen molar-refractivity contribution >= 4 is 44.0 Å². The molecule has 0 unspecified atom stereocenters. The number of aromatic nitrogens is 1. The molecule has 0 bridgehead atoms. The van der Waals surface area contributed by atoms with Crippen molar-refractivity contribution < 1.29 is 9.90 Å². The first-order valence-electron chi connectivity index (χ1n) is 6.86. The van der Waals surface area contributed by atoms with E-state index in [0.717, 1.165) is 15.9 Å². The summed E-state index contributed by atoms with van der Waals surface area (Å²) in [4.78, 5) is 17.6. The zero-order valence-corrected chi connectivity index (χ0v) is 13.4. The van der Waals surface area contributed by atoms with Gasteiger partial charge < -0.3 is 10.0 Å². The first-order valence-corrected chi connectivity index (χ1v) is 7.68. The van der Waals surface area contributed by atoms with Crippen molar-refractivity contribution in [2.45, 2.75) is 0 Å². The van der Waals surface area contributed by atoms with E-state index in [1.807, 2.05) is 43.3 Å². The van der Waals surface area contributed by atoms with Gasteiger partial charge in [0.05, 0.1) is 15.8 Å². The molecule has 23 heavy (non-hydrogen) atoms. The number of carboxylic acids is 1. The van der Waals surface area contributed by atoms with Crippen molar-refractivity contribution in [1.82, 2.24) is 4.98 Å². The largest absolute Gasteiger partial charge is 0.478 e. The van der Waals surface area contributed by atoms with Crippen molar-refractivity contribution in [1.29, 1.82) is 0 Å². The van der Waals surface area contributed by atoms with Crippen LogP contribution in [0.25, 0.3) is 10.2 Å². The maximum atomic E-state index is 11.3. The molecule has 1 aromatic heterocycles. The number of carbonyl (C=O) groups is 1. The highest BCUT2D eigenvalue weighted by atomic mass is 32.1. The number of nitrogens with zero attached hydrogens (tertiary/aromatic N) is 4. The summed E-state index contributed by atoms with van der Waals surface area (Å²) in [5.74, 6) is -1.03. The maximum Gasteiger partial charge on any atom is 0.337 e. The van der Waals surface area contributed by atoms with E-state index in [0.29, 0.717) is 10.8 Å². The lowest BCUT2D eigenvalue weighted by Gasteiger charge is -2.13. The molecule has 1 heterocycles. The van der Waals surface area contributed by atoms with Gasteiger partial charge in [-0.3, -0.25) is 0 Å². The fourth-order valence-corrected chi connectivity index (χ4v) is 2.85. The lowest BCUT2D eigenvalue weighted by molar-refractivity contribution is 0.0698. The monoisotopic (exact) mass is 326 g/mol. The van der Waals surface area contributed by atoms with E-state index < -0.39 is 5.97 Å². The molecular weight excluding hydrogens is 312 g/mol. The highest BCUT2D eigenvalue weighted by Gasteiger charge is 2.12. The number of benzene rings is 2. The van der Waals surface area contributed by atoms with Crippen molar-refractivity contribution in [2.24, 2.45) is 10.2 Å². The lowest BCUT2D eigenvalue weighted by atomic mass is 10.1. The number of azo groups is 1. The molecule has 0 aliphatic heterocycles. The fraction of sp³-hybridized carbons (Fsp3) is 0.125. The van der Waals surface area contributed by atoms with E-state index in [-0.39, 0.29) is 5.56 Å². The van der Waals surface area contributed by atoms with E-state index in [2.05, 4.69) is 15.2 Å². The van der Waals surface area contributed by atoms with Crippen molar-refractivity contribution in [3.8, 4) is 0 Å². The molecule has 0 saturated heterocycles. The highest BCUT2D eigenvalue weighted by molar-refractivity contribution is 7.21. The molecule has 3 rings (SSSR count). The molecular formula is C16H14N4O2S. The molecule has 0 fully saturated rings. The van der Waals surface area contributed by atoms with E-state index >= 15 is 0 Å². The Morgan fingerprint density at radius 1 is 1.17 bits per heavy atom. The summed E-state index contributed by atoms with van der Waals surface area (Å²) in [6.07, 6.45) is 0. The maximum absolute atomic E-state index is 11.3. The van der Waals surface area contributed by atoms with Gasteiger partial charge in [-0.15, -0.1) is 10.2 Å². The van der Waals surface area contributed by atoms with Crippen LogP contribution in [0.15, 0.2) is 52.7 Å². The van der Waals surface area contributed by atoms with Crippen molar-refractivity contribution in [3.63, 3.8) is 0 Å². The van der Waals surface area contributed by atoms with Gasteiger partial charge in [0.1, 0.15) is 5.69 Å². The topological polar surface area (TPSA) is 78.2 Å². The van der Waals surface area contributed by atoms with Crippen LogP contribution >= 0.6 is 11.3 Å². The average molecular weight is 326 g/mol. The molecule has 0 radical (unpaired) electrons. The summed E-state index contributed by atoms with van der Waals surface area (Å²) in [5.41, 5.74) is 2.13. The lowest BCUT2D eigenvalue weighted by Crippen LogP contribution is -2.09. The van der Waals surface area contributed by atoms with Gasteiger partial charge in [0.15, 0.2) is 0 Å². The predicted octanol–water partition coefficient (Wildman–Crippen LogP) is 4.48. The molecule has 2 aromatic carbocycles. The Labute approximate surface area is 136 Å². The zero-order chi connectivity index (χ0) is 16.4. The zero-order valence-electron chi connectivity index (χ0n) is 12.6. The summed E-state index contributed by atoms with van der Waals surface area (Å²) in [6.45, 7) is 0. The minimum Gasteiger partial charge on any atom is -0.478 e. The Bertz CT molecular complexity index is 869. The Balaban J connectivity index is 1.99. The Hall–Kier alpha value is -2.80. The minimum atomic E-state index is -1.03. The number of carboxylic acid groups (broad SMARTS) is 1. The molecule has 3 aromatic rings. The molecule has 0 amide bonds. The Morgan fingerprint density at radius 3 is 2.65 bits per heavy atom. The first-order chi connectivity index (χ1) is 11.0. The number of anilines is 1. The normalized spacial score (nSPS) is 11.2. The highest BCUT2D eigenvalue weighted by Crippen LogP contribution is 2.31. The summed E-state index contributed by atoms with van der Waals surface area (Å²) >= 11 is 1.41. The number of hydrogen-bond donors (Lipinski definition) is 1. The van der Waals surface area contributed by atoms with Gasteiger partial charge in [-0.25, -0.2) is 9.78 Å². The summed E-state index contributed by atoms with van der Waals surface area (Å²) < 4.78 is 1.02. The van der Waals surface area contributed by atoms with Crippen LogP contribution in [-0.2, 0) is 0 Å². The van der Waals surface area contributed by atoms with Crippen LogP contribution in [0.3, 0.4) is 0 Å². The molecule has 1 N–H and O–H groups in total. The predicted molar refractivity (Wildman–Crippen MR) is 91.5 cm³/mol. The van der Waals surface area contributed by atoms with Crippen LogP contribution in [0, 0.1) is 0 Å². The number of fused-ring (bicyclic) bond motifs is 1. The second-order valence-corrected chi connectivity index (χ2v) is 6.07. The van der Waals surface area contributed by atoms with Gasteiger partial charge in [-0.1, -0.05) is 23.5 Å². The molecule has 0 aliphatic carbocycles. The number of rotatable bonds is 4. The van der Waals surface area contributed by atoms with Crippen LogP contribution in [0.5, 0.6) is 0 Å². The van der Waals surface area contributed by atoms with Crippen molar-refractivity contribution in [3.05, 3.63) is 48.0 Å². The van der Waals surface area contributed by atoms with Gasteiger partial charge >= 0.3 is 5.97 Å². The van der Waals surface area contributed by atoms with Gasteiger partial charge in [0.25, 0.3) is 0 Å². The number of para-hydroxylation sites is 1. The SMILES string of the molecule is CN(C)c1ccc(C(=O)O)c(N=Nc2nc3ccccc3s2)c1. The minimum absolute atomic E-state index is 0.112. The van der Waals surface area contributed by atoms with Crippen LogP contribution in [0.1, 0.15) is 10.4 Å². The van der Waals surface area contributed by atoms with E-state index in [1.54, 1.807) is 12.1 Å². The fourth-order valence-electron chi connectivity index (χ4n) is 2.06. The average Bonchev–Trinajstić information content (AvgIpc) is 2.95. The van der Waals surface area contributed by atoms with Crippen LogP contribution < -0.4 is 4.90 Å². The number of hydrogen-bond acceptors (Lipinski definition) is 6. The summed E-state index contributed by atoms with van der Waals surface area (Å²) in [6, 6.07) is 12.7. The number of aromatic carboxylic acids is 1. The Kier molecular flexibility index (Phi) is 4.03. The van der Waals surface area contributed by atoms with E-state index in [4.69, 9.17) is 0 Å². The molecule has 0 saturated carbocycles. The van der Waals surface area contributed by atoms with Gasteiger partial charge in [-0.05, 0) is 30.3 Å². The molecule has 0 aliphatic rings. The van der Waals surface area contributed by atoms with Gasteiger partial charge in [0, 0.05) is 19.8 Å². The summed E-state index contributed by atoms with van der Waals surface area (Å²) in [7, 11) is 3.76. The molecule has 116 valence electrons. The summed E-state index contributed by atoms with van der Waals surface area (Å²) in [5, 5.41) is 18.0. The second-order valence-electron chi connectivity index (χ2n) is 5.07. The first kappa shape index (κ1) is 15.1. The van der Waals surface area contributed by atoms with Crippen LogP contribution in [0.4, 0.5) is 16.5 Å². The third-order valence-electron chi connectivity index (χ3n) is 3.25. The van der Waals surface area contributed by atoms with Crippen molar-refractivity contribution in [2.75, 3.05) is 19.0 Å². The second kappa shape index (κ2) is 6.13. The molecule has 0 atom stereocenters. The van der Waals surface area contributed by atoms with Crippen LogP contribution in [-0.4, -0.2) is 30.2 Å². The standard InChI is InChI=1S/C16H14N4O2S/c1-20(2)10-7-8-11(15(21)22)13(9-10)18-19-16-17-12-5-3-4-6-14(12)23-16/h3-9H,1-2H3,(H,21,22). The third kappa shape index (κ3) is 3.19. The van der Waals surface area contributed by atoms with Crippen LogP contribution in [0.2, 0.25) is 0 Å². The number of thiazole rings is 1. The molecule has 6 nitrogen and oxygen atoms in total. The molecule has 7 heteroatoms.